The smallest absolute Gasteiger partial charge is 0.232 e. The molecule has 2 fully saturated rings. The van der Waals surface area contributed by atoms with Crippen LogP contribution in [0, 0.1) is 11.8 Å². The van der Waals surface area contributed by atoms with Crippen molar-refractivity contribution < 1.29 is 19.0 Å². The highest BCUT2D eigenvalue weighted by Gasteiger charge is 2.40. The van der Waals surface area contributed by atoms with Gasteiger partial charge in [-0.05, 0) is 62.1 Å². The Morgan fingerprint density at radius 3 is 2.93 bits per heavy atom. The van der Waals surface area contributed by atoms with Crippen LogP contribution in [0.4, 0.5) is 0 Å². The van der Waals surface area contributed by atoms with Gasteiger partial charge >= 0.3 is 0 Å². The number of likely N-dealkylation sites (tertiary alicyclic amines) is 1. The average Bonchev–Trinajstić information content (AvgIpc) is 3.33. The van der Waals surface area contributed by atoms with Gasteiger partial charge in [-0.1, -0.05) is 0 Å². The zero-order chi connectivity index (χ0) is 19.7. The van der Waals surface area contributed by atoms with E-state index in [1.54, 1.807) is 18.9 Å². The summed E-state index contributed by atoms with van der Waals surface area (Å²) in [5, 5.41) is 0. The van der Waals surface area contributed by atoms with Gasteiger partial charge in [0.15, 0.2) is 11.5 Å². The van der Waals surface area contributed by atoms with Crippen LogP contribution in [0.5, 0.6) is 17.2 Å². The quantitative estimate of drug-likeness (QED) is 0.724. The molecule has 3 aliphatic rings. The van der Waals surface area contributed by atoms with E-state index < -0.39 is 0 Å². The Balaban J connectivity index is 1.38. The first-order valence-corrected chi connectivity index (χ1v) is 11.4. The van der Waals surface area contributed by atoms with Gasteiger partial charge in [-0.25, -0.2) is 0 Å². The number of rotatable bonds is 6. The number of methoxy groups -OCH3 is 1. The third kappa shape index (κ3) is 3.92. The highest BCUT2D eigenvalue weighted by molar-refractivity contribution is 7.99. The number of carbonyl (C=O) groups is 1. The zero-order valence-electron chi connectivity index (χ0n) is 17.0. The molecule has 1 saturated heterocycles. The number of piperidine rings is 1. The summed E-state index contributed by atoms with van der Waals surface area (Å²) in [5.74, 6) is 4.50. The normalized spacial score (nSPS) is 25.9. The van der Waals surface area contributed by atoms with Gasteiger partial charge in [-0.3, -0.25) is 9.69 Å². The minimum absolute atomic E-state index is 0.253. The summed E-state index contributed by atoms with van der Waals surface area (Å²) in [6, 6.07) is 4.67. The van der Waals surface area contributed by atoms with E-state index in [0.717, 1.165) is 43.5 Å². The molecule has 1 amide bonds. The van der Waals surface area contributed by atoms with Crippen molar-refractivity contribution in [1.82, 2.24) is 9.80 Å². The molecule has 6 nitrogen and oxygen atoms in total. The highest BCUT2D eigenvalue weighted by Crippen LogP contribution is 2.43. The summed E-state index contributed by atoms with van der Waals surface area (Å²) in [6.07, 6.45) is 5.54. The molecule has 2 aliphatic heterocycles. The molecule has 28 heavy (non-hydrogen) atoms. The number of hydrogen-bond donors (Lipinski definition) is 0. The van der Waals surface area contributed by atoms with Crippen LogP contribution in [-0.4, -0.2) is 67.8 Å². The number of hydrogen-bond acceptors (Lipinski definition) is 6. The molecule has 4 rings (SSSR count). The van der Waals surface area contributed by atoms with Crippen molar-refractivity contribution in [3.63, 3.8) is 0 Å². The maximum Gasteiger partial charge on any atom is 0.232 e. The number of nitrogens with zero attached hydrogens (tertiary/aromatic N) is 2. The van der Waals surface area contributed by atoms with Crippen LogP contribution < -0.4 is 14.2 Å². The molecule has 0 N–H and O–H groups in total. The number of carbonyl (C=O) groups excluding carboxylic acids is 1. The fraction of sp³-hybridized carbons (Fsp3) is 0.667. The SMILES string of the molecule is COc1cc(CN(C)[C@H]2C[C@H]3CCN(C(=O)CSC)C[C@H]3C2)cc2c1OCO2. The minimum Gasteiger partial charge on any atom is -0.493 e. The standard InChI is InChI=1S/C21H30N2O4S/c1-22(10-14-6-18(25-2)21-19(7-14)26-13-27-21)17-8-15-4-5-23(11-16(15)9-17)20(24)12-28-3/h6-7,15-17H,4-5,8-13H2,1-3H3/t15-,16-,17+/m1/s1. The third-order valence-electron chi connectivity index (χ3n) is 6.44. The average molecular weight is 407 g/mol. The monoisotopic (exact) mass is 406 g/mol. The van der Waals surface area contributed by atoms with E-state index in [2.05, 4.69) is 29.0 Å². The minimum atomic E-state index is 0.253. The predicted octanol–water partition coefficient (Wildman–Crippen LogP) is 2.85. The summed E-state index contributed by atoms with van der Waals surface area (Å²) in [7, 11) is 3.87. The summed E-state index contributed by atoms with van der Waals surface area (Å²) in [6.45, 7) is 2.97. The topological polar surface area (TPSA) is 51.2 Å². The van der Waals surface area contributed by atoms with Crippen LogP contribution in [0.1, 0.15) is 24.8 Å². The first kappa shape index (κ1) is 19.7. The van der Waals surface area contributed by atoms with Gasteiger partial charge in [0.05, 0.1) is 12.9 Å². The van der Waals surface area contributed by atoms with Crippen molar-refractivity contribution in [2.45, 2.75) is 31.8 Å². The summed E-state index contributed by atoms with van der Waals surface area (Å²) < 4.78 is 16.5. The van der Waals surface area contributed by atoms with Crippen molar-refractivity contribution >= 4 is 17.7 Å². The molecular weight excluding hydrogens is 376 g/mol. The second kappa shape index (κ2) is 8.41. The Morgan fingerprint density at radius 2 is 2.14 bits per heavy atom. The Kier molecular flexibility index (Phi) is 5.92. The number of thioether (sulfide) groups is 1. The molecule has 0 unspecified atom stereocenters. The zero-order valence-corrected chi connectivity index (χ0v) is 17.8. The van der Waals surface area contributed by atoms with E-state index in [1.807, 2.05) is 6.26 Å². The van der Waals surface area contributed by atoms with Gasteiger partial charge in [0.1, 0.15) is 0 Å². The van der Waals surface area contributed by atoms with E-state index >= 15 is 0 Å². The molecule has 0 bridgehead atoms. The van der Waals surface area contributed by atoms with Crippen molar-refractivity contribution in [3.05, 3.63) is 17.7 Å². The first-order valence-electron chi connectivity index (χ1n) is 10.0. The predicted molar refractivity (Wildman–Crippen MR) is 110 cm³/mol. The lowest BCUT2D eigenvalue weighted by atomic mass is 9.89. The molecule has 0 spiro atoms. The second-order valence-electron chi connectivity index (χ2n) is 8.15. The molecule has 1 aliphatic carbocycles. The molecule has 1 saturated carbocycles. The lowest BCUT2D eigenvalue weighted by molar-refractivity contribution is -0.130. The van der Waals surface area contributed by atoms with Crippen molar-refractivity contribution in [1.29, 1.82) is 0 Å². The van der Waals surface area contributed by atoms with E-state index in [9.17, 15) is 4.79 Å². The number of benzene rings is 1. The first-order chi connectivity index (χ1) is 13.6. The fourth-order valence-electron chi connectivity index (χ4n) is 4.95. The van der Waals surface area contributed by atoms with Crippen LogP contribution in [-0.2, 0) is 11.3 Å². The number of fused-ring (bicyclic) bond motifs is 2. The Bertz CT molecular complexity index is 729. The van der Waals surface area contributed by atoms with Crippen LogP contribution in [0.3, 0.4) is 0 Å². The molecule has 7 heteroatoms. The highest BCUT2D eigenvalue weighted by atomic mass is 32.2. The van der Waals surface area contributed by atoms with Gasteiger partial charge in [0, 0.05) is 25.7 Å². The lowest BCUT2D eigenvalue weighted by Crippen LogP contribution is -2.43. The third-order valence-corrected chi connectivity index (χ3v) is 6.97. The van der Waals surface area contributed by atoms with Crippen molar-refractivity contribution in [3.8, 4) is 17.2 Å². The molecule has 3 atom stereocenters. The Labute approximate surface area is 171 Å². The molecular formula is C21H30N2O4S. The Morgan fingerprint density at radius 1 is 1.32 bits per heavy atom. The van der Waals surface area contributed by atoms with Crippen LogP contribution in [0.2, 0.25) is 0 Å². The van der Waals surface area contributed by atoms with Crippen LogP contribution >= 0.6 is 11.8 Å². The fourth-order valence-corrected chi connectivity index (χ4v) is 5.38. The maximum absolute atomic E-state index is 12.3. The summed E-state index contributed by atoms with van der Waals surface area (Å²) in [5.41, 5.74) is 1.18. The van der Waals surface area contributed by atoms with Gasteiger partial charge in [0.2, 0.25) is 18.4 Å². The maximum atomic E-state index is 12.3. The van der Waals surface area contributed by atoms with E-state index in [0.29, 0.717) is 29.4 Å². The summed E-state index contributed by atoms with van der Waals surface area (Å²) in [4.78, 5) is 16.8. The van der Waals surface area contributed by atoms with Crippen LogP contribution in [0.25, 0.3) is 0 Å². The van der Waals surface area contributed by atoms with Gasteiger partial charge in [0.25, 0.3) is 0 Å². The van der Waals surface area contributed by atoms with Gasteiger partial charge in [-0.15, -0.1) is 0 Å². The van der Waals surface area contributed by atoms with E-state index in [-0.39, 0.29) is 6.79 Å². The molecule has 154 valence electrons. The molecule has 1 aromatic rings. The van der Waals surface area contributed by atoms with Crippen LogP contribution in [0.15, 0.2) is 12.1 Å². The van der Waals surface area contributed by atoms with Crippen molar-refractivity contribution in [2.75, 3.05) is 46.0 Å². The second-order valence-corrected chi connectivity index (χ2v) is 9.02. The Hall–Kier alpha value is -1.60. The molecule has 2 heterocycles. The van der Waals surface area contributed by atoms with Gasteiger partial charge in [-0.2, -0.15) is 11.8 Å². The molecule has 1 aromatic carbocycles. The molecule has 0 radical (unpaired) electrons. The largest absolute Gasteiger partial charge is 0.493 e. The van der Waals surface area contributed by atoms with E-state index in [4.69, 9.17) is 14.2 Å². The van der Waals surface area contributed by atoms with Crippen molar-refractivity contribution in [2.24, 2.45) is 11.8 Å². The number of ether oxygens (including phenoxy) is 3. The van der Waals surface area contributed by atoms with Gasteiger partial charge < -0.3 is 19.1 Å². The lowest BCUT2D eigenvalue weighted by Gasteiger charge is -2.34. The van der Waals surface area contributed by atoms with E-state index in [1.165, 1.54) is 18.4 Å². The molecule has 0 aromatic heterocycles. The summed E-state index contributed by atoms with van der Waals surface area (Å²) >= 11 is 1.62. The number of amides is 1.